The minimum absolute atomic E-state index is 0. The fourth-order valence-electron chi connectivity index (χ4n) is 0. The van der Waals surface area contributed by atoms with Gasteiger partial charge in [0.15, 0.2) is 0 Å². The Morgan fingerprint density at radius 2 is 0.269 bits per heavy atom. The van der Waals surface area contributed by atoms with Crippen molar-refractivity contribution in [1.29, 1.82) is 0 Å². The largest absolute Gasteiger partial charge is 0.397 e. The molecule has 0 saturated carbocycles. The molecule has 172 valence electrons. The van der Waals surface area contributed by atoms with Crippen molar-refractivity contribution in [3.05, 3.63) is 0 Å². The first-order chi connectivity index (χ1) is 11.3. The SMILES string of the molecule is CCO.CCO.CCO.CCO.CCO.CCO.CCO.CCO.[W].[W]. The van der Waals surface area contributed by atoms with E-state index in [1.54, 1.807) is 55.4 Å². The quantitative estimate of drug-likeness (QED) is 0.172. The van der Waals surface area contributed by atoms with Gasteiger partial charge in [-0.15, -0.1) is 0 Å². The summed E-state index contributed by atoms with van der Waals surface area (Å²) in [5.41, 5.74) is 0. The zero-order valence-electron chi connectivity index (χ0n) is 18.1. The maximum absolute atomic E-state index is 7.57. The molecule has 0 aromatic heterocycles. The summed E-state index contributed by atoms with van der Waals surface area (Å²) < 4.78 is 0. The van der Waals surface area contributed by atoms with Crippen molar-refractivity contribution in [3.8, 4) is 0 Å². The van der Waals surface area contributed by atoms with E-state index in [1.165, 1.54) is 0 Å². The van der Waals surface area contributed by atoms with Gasteiger partial charge in [0.25, 0.3) is 0 Å². The number of hydrogen-bond acceptors (Lipinski definition) is 8. The Bertz CT molecular complexity index is 56.2. The molecule has 0 aliphatic heterocycles. The maximum atomic E-state index is 7.57. The van der Waals surface area contributed by atoms with Gasteiger partial charge in [-0.05, 0) is 55.4 Å². The van der Waals surface area contributed by atoms with Gasteiger partial charge in [-0.25, -0.2) is 0 Å². The van der Waals surface area contributed by atoms with Gasteiger partial charge in [0, 0.05) is 95.0 Å². The van der Waals surface area contributed by atoms with Crippen LogP contribution in [-0.2, 0) is 42.1 Å². The summed E-state index contributed by atoms with van der Waals surface area (Å²) in [5.74, 6) is 0. The van der Waals surface area contributed by atoms with E-state index in [0.717, 1.165) is 0 Å². The molecule has 0 saturated heterocycles. The van der Waals surface area contributed by atoms with Crippen molar-refractivity contribution < 1.29 is 83.0 Å². The topological polar surface area (TPSA) is 162 Å². The molecule has 0 radical (unpaired) electrons. The third-order valence-electron chi connectivity index (χ3n) is 0. The molecule has 0 bridgehead atoms. The Balaban J connectivity index is -0.0000000139. The van der Waals surface area contributed by atoms with Crippen molar-refractivity contribution in [2.75, 3.05) is 52.9 Å². The van der Waals surface area contributed by atoms with Crippen LogP contribution >= 0.6 is 0 Å². The number of rotatable bonds is 0. The summed E-state index contributed by atoms with van der Waals surface area (Å²) in [6.45, 7) is 15.4. The van der Waals surface area contributed by atoms with Crippen molar-refractivity contribution >= 4 is 0 Å². The van der Waals surface area contributed by atoms with E-state index in [4.69, 9.17) is 40.9 Å². The summed E-state index contributed by atoms with van der Waals surface area (Å²) in [5, 5.41) is 60.6. The molecule has 0 fully saturated rings. The Morgan fingerprint density at radius 3 is 0.269 bits per heavy atom. The molecule has 26 heavy (non-hydrogen) atoms. The maximum Gasteiger partial charge on any atom is 0.0402 e. The second-order valence-electron chi connectivity index (χ2n) is 2.53. The van der Waals surface area contributed by atoms with Gasteiger partial charge in [-0.3, -0.25) is 0 Å². The predicted octanol–water partition coefficient (Wildman–Crippen LogP) is -0.0162. The van der Waals surface area contributed by atoms with Crippen molar-refractivity contribution in [1.82, 2.24) is 0 Å². The normalized spacial score (nSPS) is 5.54. The first-order valence-electron chi connectivity index (χ1n) is 8.19. The summed E-state index contributed by atoms with van der Waals surface area (Å²) in [6, 6.07) is 0. The Hall–Kier alpha value is 1.06. The molecule has 8 N–H and O–H groups in total. The summed E-state index contributed by atoms with van der Waals surface area (Å²) in [7, 11) is 0. The minimum Gasteiger partial charge on any atom is -0.397 e. The van der Waals surface area contributed by atoms with Gasteiger partial charge in [0.2, 0.25) is 0 Å². The van der Waals surface area contributed by atoms with Crippen LogP contribution in [0.3, 0.4) is 0 Å². The van der Waals surface area contributed by atoms with Gasteiger partial charge in [-0.2, -0.15) is 0 Å². The Kier molecular flexibility index (Phi) is 484. The van der Waals surface area contributed by atoms with Crippen LogP contribution in [0, 0.1) is 0 Å². The molecule has 0 aromatic carbocycles. The molecule has 0 aromatic rings. The molecule has 0 atom stereocenters. The standard InChI is InChI=1S/8C2H6O.2W/c8*1-2-3;;/h8*3H,2H2,1H3;;. The number of hydrogen-bond donors (Lipinski definition) is 8. The Labute approximate surface area is 190 Å². The number of aliphatic hydroxyl groups is 8. The summed E-state index contributed by atoms with van der Waals surface area (Å²) in [6.07, 6.45) is 0. The average Bonchev–Trinajstić information content (AvgIpc) is 2.45. The zero-order chi connectivity index (χ0) is 21.7. The molecule has 0 unspecified atom stereocenters. The van der Waals surface area contributed by atoms with Crippen LogP contribution < -0.4 is 0 Å². The van der Waals surface area contributed by atoms with E-state index in [0.29, 0.717) is 0 Å². The molecule has 0 aliphatic carbocycles. The van der Waals surface area contributed by atoms with Gasteiger partial charge >= 0.3 is 0 Å². The molecule has 8 nitrogen and oxygen atoms in total. The van der Waals surface area contributed by atoms with E-state index in [-0.39, 0.29) is 95.0 Å². The van der Waals surface area contributed by atoms with Crippen LogP contribution in [0.25, 0.3) is 0 Å². The zero-order valence-corrected chi connectivity index (χ0v) is 23.9. The van der Waals surface area contributed by atoms with E-state index in [1.807, 2.05) is 0 Å². The van der Waals surface area contributed by atoms with Crippen molar-refractivity contribution in [2.45, 2.75) is 55.4 Å². The molecule has 0 amide bonds. The van der Waals surface area contributed by atoms with Crippen LogP contribution in [0.4, 0.5) is 0 Å². The van der Waals surface area contributed by atoms with Crippen LogP contribution in [-0.4, -0.2) is 93.7 Å². The molecule has 0 heterocycles. The molecule has 0 spiro atoms. The van der Waals surface area contributed by atoms with Gasteiger partial charge in [0.05, 0.1) is 0 Å². The predicted molar refractivity (Wildman–Crippen MR) is 102 cm³/mol. The molecule has 0 rings (SSSR count). The molecular weight excluding hydrogens is 688 g/mol. The van der Waals surface area contributed by atoms with E-state index in [9.17, 15) is 0 Å². The first-order valence-corrected chi connectivity index (χ1v) is 8.19. The van der Waals surface area contributed by atoms with E-state index >= 15 is 0 Å². The van der Waals surface area contributed by atoms with Gasteiger partial charge < -0.3 is 40.9 Å². The third kappa shape index (κ3) is 13000. The number of aliphatic hydroxyl groups excluding tert-OH is 8. The second kappa shape index (κ2) is 199. The summed E-state index contributed by atoms with van der Waals surface area (Å²) >= 11 is 0. The molecule has 10 heteroatoms. The fourth-order valence-corrected chi connectivity index (χ4v) is 0. The first kappa shape index (κ1) is 63.1. The monoisotopic (exact) mass is 736 g/mol. The summed E-state index contributed by atoms with van der Waals surface area (Å²) in [4.78, 5) is 0. The third-order valence-corrected chi connectivity index (χ3v) is 0. The van der Waals surface area contributed by atoms with Crippen LogP contribution in [0.1, 0.15) is 55.4 Å². The van der Waals surface area contributed by atoms with Gasteiger partial charge in [-0.1, -0.05) is 0 Å². The average molecular weight is 736 g/mol. The fraction of sp³-hybridized carbons (Fsp3) is 1.00. The smallest absolute Gasteiger partial charge is 0.0402 e. The second-order valence-corrected chi connectivity index (χ2v) is 2.53. The molecule has 0 aliphatic rings. The Morgan fingerprint density at radius 1 is 0.269 bits per heavy atom. The van der Waals surface area contributed by atoms with E-state index < -0.39 is 0 Å². The van der Waals surface area contributed by atoms with Crippen molar-refractivity contribution in [2.24, 2.45) is 0 Å². The van der Waals surface area contributed by atoms with E-state index in [2.05, 4.69) is 0 Å². The van der Waals surface area contributed by atoms with Crippen LogP contribution in [0.5, 0.6) is 0 Å². The minimum atomic E-state index is 0. The van der Waals surface area contributed by atoms with Crippen LogP contribution in [0.15, 0.2) is 0 Å². The molecular formula is C16H48O8W2. The van der Waals surface area contributed by atoms with Gasteiger partial charge in [0.1, 0.15) is 0 Å². The van der Waals surface area contributed by atoms with Crippen molar-refractivity contribution in [3.63, 3.8) is 0 Å². The van der Waals surface area contributed by atoms with Crippen LogP contribution in [0.2, 0.25) is 0 Å².